The first-order valence-corrected chi connectivity index (χ1v) is 13.4. The average molecular weight is 466 g/mol. The standard InChI is InChI=1S/2C6H7.C2H6Si.2ClH.Hf/c2*1-6-4-2-3-5-6;1-3-2;;;/h2*2,4H,3H2,1H3;1-2H3;2*1H;/q2*-1;;;;+2/p-2. The second-order valence-electron chi connectivity index (χ2n) is 3.93. The predicted molar refractivity (Wildman–Crippen MR) is 69.9 cm³/mol. The van der Waals surface area contributed by atoms with Crippen molar-refractivity contribution < 1.29 is 47.8 Å². The molecule has 2 rings (SSSR count). The molecule has 0 saturated heterocycles. The molecule has 0 aromatic heterocycles. The van der Waals surface area contributed by atoms with Crippen molar-refractivity contribution in [2.75, 3.05) is 0 Å². The van der Waals surface area contributed by atoms with E-state index < -0.39 is 0 Å². The molecule has 2 aliphatic carbocycles. The number of rotatable bonds is 0. The van der Waals surface area contributed by atoms with Crippen LogP contribution >= 0.6 is 0 Å². The zero-order valence-electron chi connectivity index (χ0n) is 11.5. The molecule has 0 atom stereocenters. The van der Waals surface area contributed by atoms with Crippen molar-refractivity contribution in [1.29, 1.82) is 0 Å². The second kappa shape index (κ2) is 15.7. The molecular weight excluding hydrogens is 446 g/mol. The first-order chi connectivity index (χ1) is 7.52. The second-order valence-corrected chi connectivity index (χ2v) is 16.7. The maximum Gasteiger partial charge on any atom is -1.00 e. The first kappa shape index (κ1) is 23.7. The fourth-order valence-corrected chi connectivity index (χ4v) is 1.03. The van der Waals surface area contributed by atoms with Gasteiger partial charge in [-0.15, -0.1) is 12.8 Å². The van der Waals surface area contributed by atoms with Gasteiger partial charge in [0.1, 0.15) is 0 Å². The zero-order chi connectivity index (χ0) is 12.4. The van der Waals surface area contributed by atoms with Gasteiger partial charge in [-0.1, -0.05) is 13.8 Å². The van der Waals surface area contributed by atoms with Crippen molar-refractivity contribution in [2.45, 2.75) is 39.8 Å². The Hall–Kier alpha value is 0.627. The van der Waals surface area contributed by atoms with Crippen LogP contribution in [0.2, 0.25) is 13.1 Å². The monoisotopic (exact) mass is 466 g/mol. The molecule has 0 aliphatic heterocycles. The van der Waals surface area contributed by atoms with E-state index in [4.69, 9.17) is 0 Å². The Kier molecular flexibility index (Phi) is 20.7. The van der Waals surface area contributed by atoms with E-state index in [9.17, 15) is 0 Å². The zero-order valence-corrected chi connectivity index (χ0v) is 17.6. The van der Waals surface area contributed by atoms with Gasteiger partial charge in [0, 0.05) is 0 Å². The average Bonchev–Trinajstić information content (AvgIpc) is 2.78. The molecule has 0 aromatic carbocycles. The van der Waals surface area contributed by atoms with Gasteiger partial charge >= 0.3 is 41.6 Å². The van der Waals surface area contributed by atoms with Crippen LogP contribution in [0.1, 0.15) is 26.7 Å². The third kappa shape index (κ3) is 19.0. The third-order valence-corrected chi connectivity index (χ3v) is 1.73. The maximum atomic E-state index is 3.12. The van der Waals surface area contributed by atoms with Crippen molar-refractivity contribution in [3.05, 3.63) is 47.6 Å². The molecule has 0 bridgehead atoms. The number of hydrogen-bond acceptors (Lipinski definition) is 0. The Bertz CT molecular complexity index is 304. The molecule has 0 heterocycles. The summed E-state index contributed by atoms with van der Waals surface area (Å²) in [5, 5.41) is 0. The SMILES string of the molecule is CC1=[C-]CC=C1.CC1=[C-]CC=C1.C[Si](C)=[Hf+2].[Cl-].[Cl-]. The van der Waals surface area contributed by atoms with Gasteiger partial charge < -0.3 is 24.8 Å². The van der Waals surface area contributed by atoms with Crippen LogP contribution in [0, 0.1) is 12.2 Å². The Morgan fingerprint density at radius 1 is 0.944 bits per heavy atom. The van der Waals surface area contributed by atoms with Crippen LogP contribution in [-0.2, 0) is 23.0 Å². The van der Waals surface area contributed by atoms with E-state index in [1.54, 1.807) is 0 Å². The molecule has 4 heteroatoms. The fraction of sp³-hybridized carbons (Fsp3) is 0.429. The van der Waals surface area contributed by atoms with Crippen molar-refractivity contribution in [1.82, 2.24) is 0 Å². The summed E-state index contributed by atoms with van der Waals surface area (Å²) in [6.07, 6.45) is 16.7. The Morgan fingerprint density at radius 2 is 1.22 bits per heavy atom. The summed E-state index contributed by atoms with van der Waals surface area (Å²) in [4.78, 5) is 0. The first-order valence-electron chi connectivity index (χ1n) is 5.52. The van der Waals surface area contributed by atoms with E-state index in [2.05, 4.69) is 63.4 Å². The van der Waals surface area contributed by atoms with Gasteiger partial charge in [0.15, 0.2) is 0 Å². The summed E-state index contributed by atoms with van der Waals surface area (Å²) >= 11 is 1.45. The molecule has 0 nitrogen and oxygen atoms in total. The molecule has 100 valence electrons. The Balaban J connectivity index is -0.000000182. The van der Waals surface area contributed by atoms with Gasteiger partial charge in [-0.25, -0.2) is 23.3 Å². The smallest absolute Gasteiger partial charge is 1.00 e. The largest absolute Gasteiger partial charge is 1.00 e. The molecule has 2 aliphatic rings. The molecule has 0 spiro atoms. The summed E-state index contributed by atoms with van der Waals surface area (Å²) in [5.74, 6) is 0. The Labute approximate surface area is 140 Å². The number of halogens is 2. The van der Waals surface area contributed by atoms with Crippen LogP contribution in [0.3, 0.4) is 0 Å². The molecule has 0 N–H and O–H groups in total. The summed E-state index contributed by atoms with van der Waals surface area (Å²) in [5.41, 5.74) is 2.81. The minimum absolute atomic E-state index is 0. The van der Waals surface area contributed by atoms with E-state index in [1.807, 2.05) is 0 Å². The van der Waals surface area contributed by atoms with Crippen molar-refractivity contribution in [2.24, 2.45) is 0 Å². The summed E-state index contributed by atoms with van der Waals surface area (Å²) in [6.45, 7) is 8.78. The van der Waals surface area contributed by atoms with Crippen molar-refractivity contribution in [3.63, 3.8) is 0 Å². The van der Waals surface area contributed by atoms with Gasteiger partial charge in [0.2, 0.25) is 0 Å². The third-order valence-electron chi connectivity index (χ3n) is 1.73. The number of hydrogen-bond donors (Lipinski definition) is 0. The molecule has 0 unspecified atom stereocenters. The molecular formula is C14H20Cl2HfSi-2. The molecule has 0 aromatic rings. The molecule has 0 radical (unpaired) electrons. The van der Waals surface area contributed by atoms with E-state index >= 15 is 0 Å². The van der Waals surface area contributed by atoms with Gasteiger partial charge in [0.05, 0.1) is 0 Å². The van der Waals surface area contributed by atoms with Crippen LogP contribution < -0.4 is 24.8 Å². The van der Waals surface area contributed by atoms with E-state index in [0.717, 1.165) is 12.8 Å². The van der Waals surface area contributed by atoms with Crippen molar-refractivity contribution in [3.8, 4) is 0 Å². The van der Waals surface area contributed by atoms with Crippen LogP contribution in [0.15, 0.2) is 35.5 Å². The van der Waals surface area contributed by atoms with Gasteiger partial charge in [-0.2, -0.15) is 12.2 Å². The topological polar surface area (TPSA) is 0 Å². The van der Waals surface area contributed by atoms with Gasteiger partial charge in [-0.05, 0) is 0 Å². The summed E-state index contributed by atoms with van der Waals surface area (Å²) < 4.78 is 0. The van der Waals surface area contributed by atoms with E-state index in [-0.39, 0.29) is 30.3 Å². The molecule has 0 saturated carbocycles. The van der Waals surface area contributed by atoms with E-state index in [0.29, 0.717) is 0 Å². The molecule has 0 fully saturated rings. The normalized spacial score (nSPS) is 13.9. The van der Waals surface area contributed by atoms with Crippen LogP contribution in [0.4, 0.5) is 0 Å². The van der Waals surface area contributed by atoms with Crippen molar-refractivity contribution >= 4 is 5.49 Å². The minimum atomic E-state index is 0. The summed E-state index contributed by atoms with van der Waals surface area (Å²) in [6, 6.07) is 0. The quantitative estimate of drug-likeness (QED) is 0.292. The predicted octanol–water partition coefficient (Wildman–Crippen LogP) is -1.82. The maximum absolute atomic E-state index is 3.12. The molecule has 0 amide bonds. The Morgan fingerprint density at radius 3 is 1.28 bits per heavy atom. The minimum Gasteiger partial charge on any atom is -1.00 e. The fourth-order valence-electron chi connectivity index (χ4n) is 1.03. The van der Waals surface area contributed by atoms with E-state index in [1.165, 1.54) is 34.1 Å². The van der Waals surface area contributed by atoms with Gasteiger partial charge in [0.25, 0.3) is 0 Å². The van der Waals surface area contributed by atoms with Crippen LogP contribution in [0.25, 0.3) is 0 Å². The van der Waals surface area contributed by atoms with Gasteiger partial charge in [-0.3, -0.25) is 12.2 Å². The number of allylic oxidation sites excluding steroid dienone is 8. The van der Waals surface area contributed by atoms with Crippen LogP contribution in [-0.4, -0.2) is 5.49 Å². The van der Waals surface area contributed by atoms with Crippen LogP contribution in [0.5, 0.6) is 0 Å². The molecule has 18 heavy (non-hydrogen) atoms. The summed E-state index contributed by atoms with van der Waals surface area (Å²) in [7, 11) is 0.